The van der Waals surface area contributed by atoms with Gasteiger partial charge in [-0.1, -0.05) is 24.3 Å². The van der Waals surface area contributed by atoms with Crippen LogP contribution >= 0.6 is 23.5 Å². The molecule has 0 saturated carbocycles. The van der Waals surface area contributed by atoms with Crippen LogP contribution < -0.4 is 0 Å². The summed E-state index contributed by atoms with van der Waals surface area (Å²) >= 11 is 2.45. The lowest BCUT2D eigenvalue weighted by atomic mass is 10.1. The molecule has 4 aliphatic heterocycles. The molecule has 6 heteroatoms. The van der Waals surface area contributed by atoms with Crippen molar-refractivity contribution >= 4 is 23.5 Å². The highest BCUT2D eigenvalue weighted by atomic mass is 32.2. The monoisotopic (exact) mass is 344 g/mol. The van der Waals surface area contributed by atoms with Crippen molar-refractivity contribution < 1.29 is 17.6 Å². The van der Waals surface area contributed by atoms with E-state index < -0.39 is 34.4 Å². The summed E-state index contributed by atoms with van der Waals surface area (Å²) in [6.45, 7) is 0. The molecule has 6 rings (SSSR count). The highest BCUT2D eigenvalue weighted by Crippen LogP contribution is 2.31. The van der Waals surface area contributed by atoms with Gasteiger partial charge in [-0.05, 0) is 11.1 Å². The Morgan fingerprint density at radius 2 is 0.864 bits per heavy atom. The Labute approximate surface area is 134 Å². The number of hydrogen-bond donors (Lipinski definition) is 0. The van der Waals surface area contributed by atoms with Crippen molar-refractivity contribution in [1.29, 1.82) is 0 Å². The van der Waals surface area contributed by atoms with E-state index in [1.807, 2.05) is 24.3 Å². The fourth-order valence-corrected chi connectivity index (χ4v) is 4.23. The molecule has 0 radical (unpaired) electrons. The maximum absolute atomic E-state index is 14.0. The van der Waals surface area contributed by atoms with Gasteiger partial charge in [-0.3, -0.25) is 0 Å². The van der Waals surface area contributed by atoms with Gasteiger partial charge in [-0.15, -0.1) is 0 Å². The fraction of sp³-hybridized carbons (Fsp3) is 0.250. The fourth-order valence-electron chi connectivity index (χ4n) is 2.25. The predicted molar refractivity (Wildman–Crippen MR) is 82.7 cm³/mol. The summed E-state index contributed by atoms with van der Waals surface area (Å²) in [5, 5.41) is 0. The van der Waals surface area contributed by atoms with Crippen LogP contribution in [0.1, 0.15) is 22.3 Å². The van der Waals surface area contributed by atoms with E-state index in [2.05, 4.69) is 0 Å². The molecule has 22 heavy (non-hydrogen) atoms. The van der Waals surface area contributed by atoms with Crippen LogP contribution in [-0.4, -0.2) is 0 Å². The third-order valence-electron chi connectivity index (χ3n) is 3.50. The first-order valence-corrected chi connectivity index (χ1v) is 8.96. The van der Waals surface area contributed by atoms with Crippen LogP contribution in [0.15, 0.2) is 24.3 Å². The first kappa shape index (κ1) is 15.7. The summed E-state index contributed by atoms with van der Waals surface area (Å²) in [6.07, 6.45) is 0. The highest BCUT2D eigenvalue weighted by Gasteiger charge is 2.25. The number of thioether (sulfide) groups is 2. The average molecular weight is 344 g/mol. The van der Waals surface area contributed by atoms with Crippen LogP contribution in [0.5, 0.6) is 0 Å². The van der Waals surface area contributed by atoms with E-state index in [0.717, 1.165) is 11.1 Å². The van der Waals surface area contributed by atoms with Gasteiger partial charge in [-0.25, -0.2) is 17.6 Å². The van der Waals surface area contributed by atoms with Gasteiger partial charge in [-0.2, -0.15) is 23.5 Å². The zero-order chi connectivity index (χ0) is 15.7. The first-order chi connectivity index (χ1) is 10.6. The topological polar surface area (TPSA) is 0 Å². The molecule has 0 nitrogen and oxygen atoms in total. The molecule has 0 fully saturated rings. The standard InChI is InChI=1S/C16H12F4S2/c17-13-11-7-21-5-9-1-2-10(4-3-9)6-22-8-12(15(13)19)16(20)14(11)18/h1-4H,5-8H2. The normalized spacial score (nSPS) is 15.1. The Morgan fingerprint density at radius 1 is 0.545 bits per heavy atom. The number of halogens is 4. The Bertz CT molecular complexity index is 609. The van der Waals surface area contributed by atoms with Crippen LogP contribution in [0.3, 0.4) is 0 Å². The van der Waals surface area contributed by atoms with Gasteiger partial charge in [0, 0.05) is 34.1 Å². The highest BCUT2D eigenvalue weighted by molar-refractivity contribution is 7.98. The Morgan fingerprint density at radius 3 is 1.18 bits per heavy atom. The number of benzene rings is 2. The second-order valence-corrected chi connectivity index (χ2v) is 6.99. The first-order valence-electron chi connectivity index (χ1n) is 6.65. The second-order valence-electron chi connectivity index (χ2n) is 5.02. The Hall–Kier alpha value is -1.14. The van der Waals surface area contributed by atoms with Gasteiger partial charge in [0.25, 0.3) is 0 Å². The van der Waals surface area contributed by atoms with Crippen molar-refractivity contribution in [2.24, 2.45) is 0 Å². The minimum atomic E-state index is -1.27. The van der Waals surface area contributed by atoms with Crippen molar-refractivity contribution in [3.05, 3.63) is 69.8 Å². The molecule has 0 spiro atoms. The maximum atomic E-state index is 14.0. The van der Waals surface area contributed by atoms with Crippen molar-refractivity contribution in [3.63, 3.8) is 0 Å². The maximum Gasteiger partial charge on any atom is 0.166 e. The molecule has 0 saturated heterocycles. The second kappa shape index (κ2) is 6.54. The van der Waals surface area contributed by atoms with Gasteiger partial charge in [0.1, 0.15) is 0 Å². The molecule has 0 amide bonds. The summed E-state index contributed by atoms with van der Waals surface area (Å²) in [7, 11) is 0. The van der Waals surface area contributed by atoms with Crippen LogP contribution in [0.25, 0.3) is 0 Å². The number of rotatable bonds is 0. The zero-order valence-corrected chi connectivity index (χ0v) is 13.1. The predicted octanol–water partition coefficient (Wildman–Crippen LogP) is 5.42. The van der Waals surface area contributed by atoms with E-state index in [1.165, 1.54) is 23.5 Å². The average Bonchev–Trinajstić information content (AvgIpc) is 2.53. The smallest absolute Gasteiger partial charge is 0.166 e. The lowest BCUT2D eigenvalue weighted by molar-refractivity contribution is 0.435. The van der Waals surface area contributed by atoms with Gasteiger partial charge in [0.05, 0.1) is 0 Å². The van der Waals surface area contributed by atoms with Gasteiger partial charge < -0.3 is 0 Å². The zero-order valence-electron chi connectivity index (χ0n) is 11.5. The molecule has 0 aromatic heterocycles. The van der Waals surface area contributed by atoms with Gasteiger partial charge in [0.15, 0.2) is 23.3 Å². The molecule has 0 unspecified atom stereocenters. The summed E-state index contributed by atoms with van der Waals surface area (Å²) in [6, 6.07) is 7.85. The summed E-state index contributed by atoms with van der Waals surface area (Å²) in [5.41, 5.74) is 0.966. The molecule has 116 valence electrons. The molecular weight excluding hydrogens is 332 g/mol. The molecule has 0 N–H and O–H groups in total. The van der Waals surface area contributed by atoms with E-state index in [0.29, 0.717) is 11.5 Å². The van der Waals surface area contributed by atoms with Crippen LogP contribution in [0.4, 0.5) is 17.6 Å². The molecular formula is C16H12F4S2. The quantitative estimate of drug-likeness (QED) is 0.462. The third kappa shape index (κ3) is 2.99. The Kier molecular flexibility index (Phi) is 4.68. The van der Waals surface area contributed by atoms with Gasteiger partial charge in [0.2, 0.25) is 0 Å². The molecule has 0 aliphatic carbocycles. The van der Waals surface area contributed by atoms with Crippen molar-refractivity contribution in [2.75, 3.05) is 0 Å². The third-order valence-corrected chi connectivity index (χ3v) is 5.56. The van der Waals surface area contributed by atoms with E-state index in [-0.39, 0.29) is 11.5 Å². The van der Waals surface area contributed by atoms with E-state index in [1.54, 1.807) is 0 Å². The minimum absolute atomic E-state index is 0.110. The van der Waals surface area contributed by atoms with Crippen molar-refractivity contribution in [3.8, 4) is 0 Å². The Balaban J connectivity index is 2.02. The molecule has 0 atom stereocenters. The lowest BCUT2D eigenvalue weighted by Crippen LogP contribution is -2.08. The van der Waals surface area contributed by atoms with E-state index in [4.69, 9.17) is 0 Å². The molecule has 4 aliphatic rings. The summed E-state index contributed by atoms with van der Waals surface area (Å²) < 4.78 is 56.0. The summed E-state index contributed by atoms with van der Waals surface area (Å²) in [4.78, 5) is 0. The lowest BCUT2D eigenvalue weighted by Gasteiger charge is -2.13. The summed E-state index contributed by atoms with van der Waals surface area (Å²) in [5.74, 6) is -4.25. The molecule has 4 bridgehead atoms. The SMILES string of the molecule is Fc1c(F)c2c(F)c(F)c1CSCc1ccc(cc1)CSC2. The van der Waals surface area contributed by atoms with Crippen LogP contribution in [0.2, 0.25) is 0 Å². The van der Waals surface area contributed by atoms with Crippen molar-refractivity contribution in [2.45, 2.75) is 23.0 Å². The van der Waals surface area contributed by atoms with E-state index in [9.17, 15) is 17.6 Å². The van der Waals surface area contributed by atoms with Crippen LogP contribution in [-0.2, 0) is 23.0 Å². The van der Waals surface area contributed by atoms with Gasteiger partial charge >= 0.3 is 0 Å². The molecule has 2 aromatic carbocycles. The molecule has 4 heterocycles. The minimum Gasteiger partial charge on any atom is -0.203 e. The number of hydrogen-bond acceptors (Lipinski definition) is 2. The van der Waals surface area contributed by atoms with E-state index >= 15 is 0 Å². The van der Waals surface area contributed by atoms with Crippen LogP contribution in [0, 0.1) is 23.3 Å². The largest absolute Gasteiger partial charge is 0.203 e. The molecule has 2 aromatic rings. The van der Waals surface area contributed by atoms with Crippen molar-refractivity contribution in [1.82, 2.24) is 0 Å².